The number of nitrogens with zero attached hydrogens (tertiary/aromatic N) is 2. The van der Waals surface area contributed by atoms with Gasteiger partial charge in [0.1, 0.15) is 0 Å². The first kappa shape index (κ1) is 11.6. The summed E-state index contributed by atoms with van der Waals surface area (Å²) >= 11 is 0. The van der Waals surface area contributed by atoms with Gasteiger partial charge in [0.2, 0.25) is 0 Å². The molecule has 3 heteroatoms. The SMILES string of the molecule is CN(c1ccncc1N)C1C2CC3CC(C2)CC1C3. The minimum atomic E-state index is 0.706. The van der Waals surface area contributed by atoms with Crippen LogP contribution in [0.4, 0.5) is 11.4 Å². The van der Waals surface area contributed by atoms with Gasteiger partial charge in [-0.15, -0.1) is 0 Å². The van der Waals surface area contributed by atoms with Crippen LogP contribution in [0.25, 0.3) is 0 Å². The summed E-state index contributed by atoms with van der Waals surface area (Å²) in [7, 11) is 2.23. The number of nitrogens with two attached hydrogens (primary N) is 1. The van der Waals surface area contributed by atoms with E-state index in [9.17, 15) is 0 Å². The van der Waals surface area contributed by atoms with Gasteiger partial charge in [-0.1, -0.05) is 0 Å². The Hall–Kier alpha value is -1.25. The second-order valence-electron chi connectivity index (χ2n) is 6.97. The fourth-order valence-electron chi connectivity index (χ4n) is 5.41. The second-order valence-corrected chi connectivity index (χ2v) is 6.97. The summed E-state index contributed by atoms with van der Waals surface area (Å²) in [6, 6.07) is 2.78. The molecule has 5 rings (SSSR count). The molecule has 3 nitrogen and oxygen atoms in total. The number of hydrogen-bond donors (Lipinski definition) is 1. The van der Waals surface area contributed by atoms with E-state index in [1.165, 1.54) is 37.8 Å². The molecule has 0 unspecified atom stereocenters. The first-order valence-corrected chi connectivity index (χ1v) is 7.64. The smallest absolute Gasteiger partial charge is 0.0738 e. The summed E-state index contributed by atoms with van der Waals surface area (Å²) in [5.41, 5.74) is 8.10. The zero-order valence-corrected chi connectivity index (χ0v) is 11.6. The number of pyridine rings is 1. The van der Waals surface area contributed by atoms with Gasteiger partial charge in [0.05, 0.1) is 17.6 Å². The van der Waals surface area contributed by atoms with Crippen LogP contribution in [-0.2, 0) is 0 Å². The Labute approximate surface area is 115 Å². The zero-order chi connectivity index (χ0) is 13.0. The first-order valence-electron chi connectivity index (χ1n) is 7.64. The molecule has 0 saturated heterocycles. The molecule has 0 radical (unpaired) electrons. The van der Waals surface area contributed by atoms with E-state index in [0.717, 1.165) is 29.4 Å². The molecular weight excluding hydrogens is 234 g/mol. The van der Waals surface area contributed by atoms with Crippen LogP contribution in [0.3, 0.4) is 0 Å². The quantitative estimate of drug-likeness (QED) is 0.885. The lowest BCUT2D eigenvalue weighted by Gasteiger charge is -2.57. The van der Waals surface area contributed by atoms with Crippen LogP contribution in [0, 0.1) is 23.7 Å². The third kappa shape index (κ3) is 1.74. The molecule has 2 N–H and O–H groups in total. The molecule has 4 aliphatic rings. The molecule has 0 amide bonds. The van der Waals surface area contributed by atoms with Gasteiger partial charge in [-0.25, -0.2) is 0 Å². The number of anilines is 2. The van der Waals surface area contributed by atoms with E-state index < -0.39 is 0 Å². The van der Waals surface area contributed by atoms with Gasteiger partial charge >= 0.3 is 0 Å². The van der Waals surface area contributed by atoms with E-state index in [4.69, 9.17) is 5.73 Å². The van der Waals surface area contributed by atoms with Crippen molar-refractivity contribution in [2.75, 3.05) is 17.7 Å². The summed E-state index contributed by atoms with van der Waals surface area (Å²) in [5.74, 6) is 3.85. The average molecular weight is 257 g/mol. The van der Waals surface area contributed by atoms with Gasteiger partial charge in [0, 0.05) is 19.3 Å². The summed E-state index contributed by atoms with van der Waals surface area (Å²) in [6.45, 7) is 0. The number of aromatic nitrogens is 1. The standard InChI is InChI=1S/C16H23N3/c1-19(15-2-3-18-9-14(15)17)16-12-5-10-4-11(7-12)8-13(16)6-10/h2-3,9-13,16H,4-8,17H2,1H3. The highest BCUT2D eigenvalue weighted by atomic mass is 15.2. The van der Waals surface area contributed by atoms with Crippen molar-refractivity contribution >= 4 is 11.4 Å². The van der Waals surface area contributed by atoms with Crippen molar-refractivity contribution in [3.05, 3.63) is 18.5 Å². The normalized spacial score (nSPS) is 39.5. The molecule has 4 fully saturated rings. The van der Waals surface area contributed by atoms with Gasteiger partial charge in [-0.05, 0) is 61.8 Å². The largest absolute Gasteiger partial charge is 0.396 e. The van der Waals surface area contributed by atoms with Crippen molar-refractivity contribution in [1.82, 2.24) is 4.98 Å². The maximum absolute atomic E-state index is 6.11. The maximum atomic E-state index is 6.11. The highest BCUT2D eigenvalue weighted by Gasteiger charge is 2.49. The Morgan fingerprint density at radius 1 is 1.11 bits per heavy atom. The van der Waals surface area contributed by atoms with Crippen LogP contribution in [0.15, 0.2) is 18.5 Å². The number of nitrogen functional groups attached to an aromatic ring is 1. The fourth-order valence-corrected chi connectivity index (χ4v) is 5.41. The molecule has 102 valence electrons. The molecule has 19 heavy (non-hydrogen) atoms. The van der Waals surface area contributed by atoms with E-state index in [2.05, 4.69) is 23.0 Å². The average Bonchev–Trinajstić information content (AvgIpc) is 2.37. The lowest BCUT2D eigenvalue weighted by atomic mass is 9.54. The van der Waals surface area contributed by atoms with Crippen LogP contribution in [0.1, 0.15) is 32.1 Å². The van der Waals surface area contributed by atoms with Crippen LogP contribution in [0.2, 0.25) is 0 Å². The third-order valence-electron chi connectivity index (χ3n) is 5.83. The summed E-state index contributed by atoms with van der Waals surface area (Å²) in [4.78, 5) is 6.57. The van der Waals surface area contributed by atoms with E-state index >= 15 is 0 Å². The fraction of sp³-hybridized carbons (Fsp3) is 0.688. The lowest BCUT2D eigenvalue weighted by Crippen LogP contribution is -2.55. The molecule has 4 saturated carbocycles. The second kappa shape index (κ2) is 4.12. The van der Waals surface area contributed by atoms with Crippen molar-refractivity contribution in [2.24, 2.45) is 23.7 Å². The Bertz CT molecular complexity index is 457. The molecule has 4 bridgehead atoms. The molecule has 4 aliphatic carbocycles. The molecule has 0 spiro atoms. The molecule has 0 atom stereocenters. The predicted molar refractivity (Wildman–Crippen MR) is 77.9 cm³/mol. The van der Waals surface area contributed by atoms with E-state index in [0.29, 0.717) is 6.04 Å². The van der Waals surface area contributed by atoms with Gasteiger partial charge < -0.3 is 10.6 Å². The van der Waals surface area contributed by atoms with Crippen molar-refractivity contribution in [2.45, 2.75) is 38.1 Å². The Kier molecular flexibility index (Phi) is 2.51. The molecular formula is C16H23N3. The molecule has 0 aliphatic heterocycles. The van der Waals surface area contributed by atoms with E-state index in [-0.39, 0.29) is 0 Å². The monoisotopic (exact) mass is 257 g/mol. The summed E-state index contributed by atoms with van der Waals surface area (Å²) < 4.78 is 0. The van der Waals surface area contributed by atoms with E-state index in [1.807, 2.05) is 6.20 Å². The highest BCUT2D eigenvalue weighted by molar-refractivity contribution is 5.66. The lowest BCUT2D eigenvalue weighted by molar-refractivity contribution is -0.00118. The van der Waals surface area contributed by atoms with Crippen molar-refractivity contribution in [1.29, 1.82) is 0 Å². The van der Waals surface area contributed by atoms with Gasteiger partial charge in [0.25, 0.3) is 0 Å². The van der Waals surface area contributed by atoms with E-state index in [1.54, 1.807) is 6.20 Å². The molecule has 1 heterocycles. The van der Waals surface area contributed by atoms with Gasteiger partial charge in [-0.3, -0.25) is 4.98 Å². The van der Waals surface area contributed by atoms with Crippen molar-refractivity contribution < 1.29 is 0 Å². The van der Waals surface area contributed by atoms with Crippen LogP contribution < -0.4 is 10.6 Å². The van der Waals surface area contributed by atoms with Crippen molar-refractivity contribution in [3.63, 3.8) is 0 Å². The third-order valence-corrected chi connectivity index (χ3v) is 5.83. The van der Waals surface area contributed by atoms with Crippen LogP contribution >= 0.6 is 0 Å². The first-order chi connectivity index (χ1) is 9.22. The maximum Gasteiger partial charge on any atom is 0.0738 e. The van der Waals surface area contributed by atoms with Crippen LogP contribution in [-0.4, -0.2) is 18.1 Å². The molecule has 1 aromatic heterocycles. The van der Waals surface area contributed by atoms with Gasteiger partial charge in [0.15, 0.2) is 0 Å². The predicted octanol–water partition coefficient (Wildman–Crippen LogP) is 2.92. The summed E-state index contributed by atoms with van der Waals surface area (Å²) in [6.07, 6.45) is 11.0. The minimum Gasteiger partial charge on any atom is -0.396 e. The number of hydrogen-bond acceptors (Lipinski definition) is 3. The van der Waals surface area contributed by atoms with Gasteiger partial charge in [-0.2, -0.15) is 0 Å². The highest BCUT2D eigenvalue weighted by Crippen LogP contribution is 2.55. The van der Waals surface area contributed by atoms with Crippen molar-refractivity contribution in [3.8, 4) is 0 Å². The Balaban J connectivity index is 1.64. The topological polar surface area (TPSA) is 42.2 Å². The molecule has 1 aromatic rings. The van der Waals surface area contributed by atoms with Crippen LogP contribution in [0.5, 0.6) is 0 Å². The Morgan fingerprint density at radius 3 is 2.32 bits per heavy atom. The Morgan fingerprint density at radius 2 is 1.74 bits per heavy atom. The number of rotatable bonds is 2. The minimum absolute atomic E-state index is 0.706. The zero-order valence-electron chi connectivity index (χ0n) is 11.6. The molecule has 0 aromatic carbocycles. The summed E-state index contributed by atoms with van der Waals surface area (Å²) in [5, 5.41) is 0.